The van der Waals surface area contributed by atoms with Crippen LogP contribution in [0.4, 0.5) is 0 Å². The molecule has 0 aliphatic carbocycles. The van der Waals surface area contributed by atoms with Crippen LogP contribution in [0.3, 0.4) is 0 Å². The molecule has 0 saturated heterocycles. The molecule has 6 nitrogen and oxygen atoms in total. The summed E-state index contributed by atoms with van der Waals surface area (Å²) < 4.78 is 2.25. The lowest BCUT2D eigenvalue weighted by atomic mass is 10.1. The minimum absolute atomic E-state index is 0. The summed E-state index contributed by atoms with van der Waals surface area (Å²) in [6, 6.07) is 6.54. The van der Waals surface area contributed by atoms with Crippen LogP contribution in [-0.4, -0.2) is 40.6 Å². The molecule has 0 unspecified atom stereocenters. The van der Waals surface area contributed by atoms with Crippen LogP contribution in [0, 0.1) is 19.8 Å². The van der Waals surface area contributed by atoms with Gasteiger partial charge in [-0.2, -0.15) is 0 Å². The van der Waals surface area contributed by atoms with Crippen LogP contribution in [0.5, 0.6) is 0 Å². The van der Waals surface area contributed by atoms with Gasteiger partial charge in [-0.1, -0.05) is 49.4 Å². The number of hydrogen-bond acceptors (Lipinski definition) is 4. The van der Waals surface area contributed by atoms with Crippen LogP contribution in [-0.2, 0) is 19.5 Å². The third kappa shape index (κ3) is 8.16. The largest absolute Gasteiger partial charge is 0.356 e. The summed E-state index contributed by atoms with van der Waals surface area (Å²) in [6.45, 7) is 11.3. The number of hydrogen-bond donors (Lipinski definition) is 2. The average Bonchev–Trinajstić information content (AvgIpc) is 3.03. The van der Waals surface area contributed by atoms with E-state index in [1.165, 1.54) is 16.7 Å². The third-order valence-corrected chi connectivity index (χ3v) is 5.23. The van der Waals surface area contributed by atoms with Gasteiger partial charge in [0.25, 0.3) is 0 Å². The number of halogens is 1. The second-order valence-corrected chi connectivity index (χ2v) is 8.27. The molecular formula is C21H35IN6S. The predicted molar refractivity (Wildman–Crippen MR) is 134 cm³/mol. The van der Waals surface area contributed by atoms with Crippen molar-refractivity contribution in [1.29, 1.82) is 0 Å². The smallest absolute Gasteiger partial charge is 0.191 e. The van der Waals surface area contributed by atoms with E-state index in [4.69, 9.17) is 0 Å². The van der Waals surface area contributed by atoms with E-state index in [0.717, 1.165) is 49.4 Å². The number of nitrogens with zero attached hydrogens (tertiary/aromatic N) is 4. The predicted octanol–water partition coefficient (Wildman–Crippen LogP) is 4.19. The van der Waals surface area contributed by atoms with Crippen LogP contribution in [0.25, 0.3) is 0 Å². The molecule has 2 N–H and O–H groups in total. The van der Waals surface area contributed by atoms with Crippen LogP contribution in [0.1, 0.15) is 42.8 Å². The topological polar surface area (TPSA) is 67.1 Å². The minimum Gasteiger partial charge on any atom is -0.356 e. The van der Waals surface area contributed by atoms with Gasteiger partial charge in [0.1, 0.15) is 5.82 Å². The molecule has 8 heteroatoms. The van der Waals surface area contributed by atoms with E-state index >= 15 is 0 Å². The highest BCUT2D eigenvalue weighted by molar-refractivity contribution is 14.0. The van der Waals surface area contributed by atoms with Gasteiger partial charge >= 0.3 is 0 Å². The van der Waals surface area contributed by atoms with Gasteiger partial charge in [0, 0.05) is 33.1 Å². The quantitative estimate of drug-likeness (QED) is 0.167. The fourth-order valence-electron chi connectivity index (χ4n) is 3.10. The first kappa shape index (κ1) is 25.7. The number of benzene rings is 1. The first-order valence-corrected chi connectivity index (χ1v) is 11.1. The van der Waals surface area contributed by atoms with E-state index in [1.54, 1.807) is 18.8 Å². The molecule has 1 aromatic carbocycles. The molecule has 0 radical (unpaired) electrons. The Morgan fingerprint density at radius 3 is 2.59 bits per heavy atom. The first-order chi connectivity index (χ1) is 13.4. The van der Waals surface area contributed by atoms with Crippen molar-refractivity contribution in [3.63, 3.8) is 0 Å². The Labute approximate surface area is 196 Å². The Bertz CT molecular complexity index is 787. The lowest BCUT2D eigenvalue weighted by Crippen LogP contribution is -2.37. The van der Waals surface area contributed by atoms with Gasteiger partial charge < -0.3 is 15.2 Å². The Kier molecular flexibility index (Phi) is 11.6. The second-order valence-electron chi connectivity index (χ2n) is 7.49. The lowest BCUT2D eigenvalue weighted by Gasteiger charge is -2.14. The maximum absolute atomic E-state index is 4.39. The number of thioether (sulfide) groups is 1. The molecule has 29 heavy (non-hydrogen) atoms. The van der Waals surface area contributed by atoms with Crippen molar-refractivity contribution in [3.8, 4) is 0 Å². The lowest BCUT2D eigenvalue weighted by molar-refractivity contribution is 0.477. The number of aromatic nitrogens is 3. The molecule has 0 saturated carbocycles. The third-order valence-electron chi connectivity index (χ3n) is 4.56. The van der Waals surface area contributed by atoms with Crippen LogP contribution in [0.2, 0.25) is 0 Å². The average molecular weight is 531 g/mol. The molecule has 0 aliphatic rings. The molecule has 0 atom stereocenters. The van der Waals surface area contributed by atoms with E-state index in [1.807, 2.05) is 0 Å². The Balaban J connectivity index is 0.00000420. The molecule has 1 heterocycles. The molecule has 162 valence electrons. The van der Waals surface area contributed by atoms with Crippen LogP contribution >= 0.6 is 35.7 Å². The molecule has 0 aliphatic heterocycles. The summed E-state index contributed by atoms with van der Waals surface area (Å²) in [5, 5.41) is 16.5. The number of nitrogens with one attached hydrogen (secondary N) is 2. The van der Waals surface area contributed by atoms with Gasteiger partial charge in [-0.15, -0.1) is 34.2 Å². The monoisotopic (exact) mass is 530 g/mol. The zero-order valence-corrected chi connectivity index (χ0v) is 21.6. The van der Waals surface area contributed by atoms with Gasteiger partial charge in [-0.25, -0.2) is 0 Å². The Morgan fingerprint density at radius 1 is 1.21 bits per heavy atom. The number of rotatable bonds is 9. The van der Waals surface area contributed by atoms with E-state index < -0.39 is 0 Å². The van der Waals surface area contributed by atoms with E-state index in [2.05, 4.69) is 82.5 Å². The zero-order valence-electron chi connectivity index (χ0n) is 18.5. The standard InChI is InChI=1S/C21H34N6S.HI/c1-15(2)14-27-19(25-26-21(27)28-6)8-7-11-23-20(22-5)24-13-18-10-9-16(3)12-17(18)4;/h9-10,12,15H,7-8,11,13-14H2,1-6H3,(H2,22,23,24);1H. The number of guanidine groups is 1. The van der Waals surface area contributed by atoms with Gasteiger partial charge in [0.15, 0.2) is 11.1 Å². The van der Waals surface area contributed by atoms with Crippen molar-refractivity contribution in [1.82, 2.24) is 25.4 Å². The van der Waals surface area contributed by atoms with Crippen LogP contribution < -0.4 is 10.6 Å². The number of aliphatic imine (C=N–C) groups is 1. The molecule has 2 aromatic rings. The van der Waals surface area contributed by atoms with Gasteiger partial charge in [-0.05, 0) is 43.6 Å². The highest BCUT2D eigenvalue weighted by atomic mass is 127. The maximum Gasteiger partial charge on any atom is 0.191 e. The van der Waals surface area contributed by atoms with Crippen molar-refractivity contribution in [2.75, 3.05) is 19.8 Å². The molecular weight excluding hydrogens is 495 g/mol. The maximum atomic E-state index is 4.39. The summed E-state index contributed by atoms with van der Waals surface area (Å²) in [6.07, 6.45) is 3.94. The zero-order chi connectivity index (χ0) is 20.5. The van der Waals surface area contributed by atoms with E-state index in [0.29, 0.717) is 5.92 Å². The summed E-state index contributed by atoms with van der Waals surface area (Å²) in [5.74, 6) is 2.47. The summed E-state index contributed by atoms with van der Waals surface area (Å²) in [5.41, 5.74) is 3.88. The van der Waals surface area contributed by atoms with Crippen molar-refractivity contribution in [2.24, 2.45) is 10.9 Å². The highest BCUT2D eigenvalue weighted by Gasteiger charge is 2.12. The van der Waals surface area contributed by atoms with Crippen molar-refractivity contribution >= 4 is 41.7 Å². The molecule has 0 bridgehead atoms. The summed E-state index contributed by atoms with van der Waals surface area (Å²) in [7, 11) is 1.81. The molecule has 0 fully saturated rings. The first-order valence-electron chi connectivity index (χ1n) is 9.91. The van der Waals surface area contributed by atoms with Gasteiger partial charge in [0.2, 0.25) is 0 Å². The molecule has 0 amide bonds. The van der Waals surface area contributed by atoms with Crippen molar-refractivity contribution in [3.05, 3.63) is 40.7 Å². The van der Waals surface area contributed by atoms with Crippen molar-refractivity contribution < 1.29 is 0 Å². The van der Waals surface area contributed by atoms with Crippen molar-refractivity contribution in [2.45, 2.75) is 58.8 Å². The second kappa shape index (κ2) is 13.1. The van der Waals surface area contributed by atoms with E-state index in [-0.39, 0.29) is 24.0 Å². The summed E-state index contributed by atoms with van der Waals surface area (Å²) in [4.78, 5) is 4.33. The fourth-order valence-corrected chi connectivity index (χ4v) is 3.62. The van der Waals surface area contributed by atoms with Gasteiger partial charge in [0.05, 0.1) is 0 Å². The highest BCUT2D eigenvalue weighted by Crippen LogP contribution is 2.16. The number of aryl methyl sites for hydroxylation is 3. The molecule has 0 spiro atoms. The minimum atomic E-state index is 0. The summed E-state index contributed by atoms with van der Waals surface area (Å²) >= 11 is 1.66. The van der Waals surface area contributed by atoms with Gasteiger partial charge in [-0.3, -0.25) is 4.99 Å². The van der Waals surface area contributed by atoms with E-state index in [9.17, 15) is 0 Å². The normalized spacial score (nSPS) is 11.5. The van der Waals surface area contributed by atoms with Crippen LogP contribution in [0.15, 0.2) is 28.3 Å². The fraction of sp³-hybridized carbons (Fsp3) is 0.571. The Morgan fingerprint density at radius 2 is 1.97 bits per heavy atom. The SMILES string of the molecule is CN=C(NCCCc1nnc(SC)n1CC(C)C)NCc1ccc(C)cc1C.I. The molecule has 2 rings (SSSR count). The Hall–Kier alpha value is -1.29. The molecule has 1 aromatic heterocycles.